The fourth-order valence-electron chi connectivity index (χ4n) is 2.38. The fraction of sp³-hybridized carbons (Fsp3) is 0.176. The van der Waals surface area contributed by atoms with Crippen molar-refractivity contribution in [2.75, 3.05) is 0 Å². The third kappa shape index (κ3) is 3.11. The van der Waals surface area contributed by atoms with Crippen molar-refractivity contribution < 1.29 is 13.2 Å². The third-order valence-electron chi connectivity index (χ3n) is 3.57. The van der Waals surface area contributed by atoms with Gasteiger partial charge in [0.05, 0.1) is 11.3 Å². The smallest absolute Gasteiger partial charge is 0.220 e. The predicted molar refractivity (Wildman–Crippen MR) is 81.3 cm³/mol. The van der Waals surface area contributed by atoms with Crippen molar-refractivity contribution in [3.63, 3.8) is 0 Å². The lowest BCUT2D eigenvalue weighted by Gasteiger charge is -2.07. The van der Waals surface area contributed by atoms with E-state index in [-0.39, 0.29) is 0 Å². The molecule has 0 aliphatic carbocycles. The molecule has 23 heavy (non-hydrogen) atoms. The van der Waals surface area contributed by atoms with Crippen LogP contribution in [0.2, 0.25) is 0 Å². The first kappa shape index (κ1) is 15.3. The zero-order valence-electron chi connectivity index (χ0n) is 12.6. The molecule has 3 aromatic rings. The van der Waals surface area contributed by atoms with Crippen LogP contribution in [0.3, 0.4) is 0 Å². The van der Waals surface area contributed by atoms with E-state index in [0.29, 0.717) is 11.5 Å². The molecular formula is C17H14F3N3. The topological polar surface area (TPSA) is 30.7 Å². The molecule has 0 atom stereocenters. The normalized spacial score (nSPS) is 11.7. The van der Waals surface area contributed by atoms with Crippen LogP contribution in [0.25, 0.3) is 17.1 Å². The van der Waals surface area contributed by atoms with Crippen LogP contribution in [0.15, 0.2) is 48.8 Å². The number of rotatable bonds is 2. The Hall–Kier alpha value is -2.63. The lowest BCUT2D eigenvalue weighted by atomic mass is 10.1. The van der Waals surface area contributed by atoms with Crippen molar-refractivity contribution in [1.29, 1.82) is 0 Å². The van der Waals surface area contributed by atoms with E-state index >= 15 is 0 Å². The van der Waals surface area contributed by atoms with Crippen LogP contribution in [0.4, 0.5) is 13.2 Å². The second-order valence-electron chi connectivity index (χ2n) is 5.38. The highest BCUT2D eigenvalue weighted by Gasteiger charge is 2.30. The maximum atomic E-state index is 12.6. The summed E-state index contributed by atoms with van der Waals surface area (Å²) < 4.78 is 39.2. The number of hydrogen-bond acceptors (Lipinski definition) is 2. The van der Waals surface area contributed by atoms with Gasteiger partial charge in [0.15, 0.2) is 5.82 Å². The molecule has 3 nitrogen and oxygen atoms in total. The molecule has 0 fully saturated rings. The van der Waals surface area contributed by atoms with Gasteiger partial charge in [0.1, 0.15) is 6.33 Å². The van der Waals surface area contributed by atoms with Crippen molar-refractivity contribution in [1.82, 2.24) is 14.8 Å². The average Bonchev–Trinajstić information content (AvgIpc) is 2.96. The van der Waals surface area contributed by atoms with E-state index in [1.54, 1.807) is 0 Å². The van der Waals surface area contributed by atoms with E-state index in [1.165, 1.54) is 23.1 Å². The Morgan fingerprint density at radius 3 is 2.26 bits per heavy atom. The lowest BCUT2D eigenvalue weighted by molar-refractivity contribution is -0.137. The van der Waals surface area contributed by atoms with Gasteiger partial charge in [0, 0.05) is 5.56 Å². The molecule has 0 aliphatic heterocycles. The van der Waals surface area contributed by atoms with Gasteiger partial charge >= 0.3 is 6.18 Å². The Kier molecular flexibility index (Phi) is 3.67. The van der Waals surface area contributed by atoms with Crippen LogP contribution >= 0.6 is 0 Å². The lowest BCUT2D eigenvalue weighted by Crippen LogP contribution is -2.05. The first-order valence-electron chi connectivity index (χ1n) is 7.01. The molecule has 0 unspecified atom stereocenters. The Bertz CT molecular complexity index is 833. The standard InChI is InChI=1S/C17H14F3N3/c1-11-3-8-15(12(2)9-11)16-21-10-23(22-16)14-6-4-13(5-7-14)17(18,19)20/h3-10H,1-2H3. The summed E-state index contributed by atoms with van der Waals surface area (Å²) in [6.45, 7) is 3.98. The number of nitrogens with zero attached hydrogens (tertiary/aromatic N) is 3. The molecule has 0 aliphatic rings. The molecule has 3 rings (SSSR count). The van der Waals surface area contributed by atoms with Gasteiger partial charge in [-0.05, 0) is 43.7 Å². The molecule has 1 aromatic heterocycles. The van der Waals surface area contributed by atoms with Crippen molar-refractivity contribution in [3.05, 3.63) is 65.5 Å². The van der Waals surface area contributed by atoms with E-state index in [9.17, 15) is 13.2 Å². The highest BCUT2D eigenvalue weighted by molar-refractivity contribution is 5.60. The van der Waals surface area contributed by atoms with Gasteiger partial charge in [-0.2, -0.15) is 13.2 Å². The first-order valence-corrected chi connectivity index (χ1v) is 7.01. The van der Waals surface area contributed by atoms with E-state index in [0.717, 1.165) is 28.8 Å². The Morgan fingerprint density at radius 1 is 0.957 bits per heavy atom. The zero-order valence-corrected chi connectivity index (χ0v) is 12.6. The SMILES string of the molecule is Cc1ccc(-c2ncn(-c3ccc(C(F)(F)F)cc3)n2)c(C)c1. The Balaban J connectivity index is 1.93. The number of aromatic nitrogens is 3. The van der Waals surface area contributed by atoms with Gasteiger partial charge in [-0.3, -0.25) is 0 Å². The zero-order chi connectivity index (χ0) is 16.6. The van der Waals surface area contributed by atoms with Crippen LogP contribution in [-0.2, 0) is 6.18 Å². The van der Waals surface area contributed by atoms with Crippen molar-refractivity contribution in [2.45, 2.75) is 20.0 Å². The molecule has 0 amide bonds. The maximum Gasteiger partial charge on any atom is 0.416 e. The summed E-state index contributed by atoms with van der Waals surface area (Å²) in [6, 6.07) is 10.8. The molecule has 1 heterocycles. The van der Waals surface area contributed by atoms with E-state index < -0.39 is 11.7 Å². The summed E-state index contributed by atoms with van der Waals surface area (Å²) in [5.74, 6) is 0.544. The molecular weight excluding hydrogens is 303 g/mol. The monoisotopic (exact) mass is 317 g/mol. The fourth-order valence-corrected chi connectivity index (χ4v) is 2.38. The van der Waals surface area contributed by atoms with Crippen LogP contribution in [0.5, 0.6) is 0 Å². The molecule has 0 spiro atoms. The Labute approximate surface area is 131 Å². The molecule has 0 bridgehead atoms. The minimum atomic E-state index is -4.34. The first-order chi connectivity index (χ1) is 10.8. The molecule has 0 radical (unpaired) electrons. The number of hydrogen-bond donors (Lipinski definition) is 0. The predicted octanol–water partition coefficient (Wildman–Crippen LogP) is 4.57. The highest BCUT2D eigenvalue weighted by Crippen LogP contribution is 2.29. The number of halogens is 3. The maximum absolute atomic E-state index is 12.6. The van der Waals surface area contributed by atoms with Gasteiger partial charge in [0.2, 0.25) is 0 Å². The van der Waals surface area contributed by atoms with Crippen LogP contribution in [0.1, 0.15) is 16.7 Å². The molecule has 0 N–H and O–H groups in total. The minimum absolute atomic E-state index is 0.529. The molecule has 118 valence electrons. The van der Waals surface area contributed by atoms with Crippen LogP contribution < -0.4 is 0 Å². The molecule has 0 saturated carbocycles. The molecule has 2 aromatic carbocycles. The van der Waals surface area contributed by atoms with Gasteiger partial charge in [-0.25, -0.2) is 9.67 Å². The van der Waals surface area contributed by atoms with Gasteiger partial charge in [-0.15, -0.1) is 5.10 Å². The number of benzene rings is 2. The molecule has 6 heteroatoms. The highest BCUT2D eigenvalue weighted by atomic mass is 19.4. The van der Waals surface area contributed by atoms with Crippen molar-refractivity contribution >= 4 is 0 Å². The second kappa shape index (κ2) is 5.53. The summed E-state index contributed by atoms with van der Waals surface area (Å²) in [6.07, 6.45) is -2.84. The van der Waals surface area contributed by atoms with Gasteiger partial charge < -0.3 is 0 Å². The van der Waals surface area contributed by atoms with Gasteiger partial charge in [0.25, 0.3) is 0 Å². The van der Waals surface area contributed by atoms with Crippen molar-refractivity contribution in [3.8, 4) is 17.1 Å². The summed E-state index contributed by atoms with van der Waals surface area (Å²) >= 11 is 0. The van der Waals surface area contributed by atoms with E-state index in [2.05, 4.69) is 10.1 Å². The Morgan fingerprint density at radius 2 is 1.65 bits per heavy atom. The quantitative estimate of drug-likeness (QED) is 0.693. The van der Waals surface area contributed by atoms with E-state index in [4.69, 9.17) is 0 Å². The van der Waals surface area contributed by atoms with E-state index in [1.807, 2.05) is 32.0 Å². The second-order valence-corrected chi connectivity index (χ2v) is 5.38. The van der Waals surface area contributed by atoms with Crippen LogP contribution in [-0.4, -0.2) is 14.8 Å². The number of aryl methyl sites for hydroxylation is 2. The molecule has 0 saturated heterocycles. The largest absolute Gasteiger partial charge is 0.416 e. The van der Waals surface area contributed by atoms with Crippen LogP contribution in [0, 0.1) is 13.8 Å². The number of alkyl halides is 3. The summed E-state index contributed by atoms with van der Waals surface area (Å²) in [5, 5.41) is 4.36. The summed E-state index contributed by atoms with van der Waals surface area (Å²) in [5.41, 5.74) is 2.95. The average molecular weight is 317 g/mol. The third-order valence-corrected chi connectivity index (χ3v) is 3.57. The van der Waals surface area contributed by atoms with Gasteiger partial charge in [-0.1, -0.05) is 23.8 Å². The van der Waals surface area contributed by atoms with Crippen molar-refractivity contribution in [2.24, 2.45) is 0 Å². The summed E-state index contributed by atoms with van der Waals surface area (Å²) in [7, 11) is 0. The summed E-state index contributed by atoms with van der Waals surface area (Å²) in [4.78, 5) is 4.25. The minimum Gasteiger partial charge on any atom is -0.220 e.